The molecule has 188 valence electrons. The van der Waals surface area contributed by atoms with Crippen LogP contribution in [0.25, 0.3) is 17.3 Å². The van der Waals surface area contributed by atoms with Gasteiger partial charge in [-0.3, -0.25) is 4.79 Å². The Bertz CT molecular complexity index is 1470. The second kappa shape index (κ2) is 9.52. The molecule has 2 aromatic carbocycles. The molecule has 3 aromatic rings. The Morgan fingerprint density at radius 1 is 1.03 bits per heavy atom. The van der Waals surface area contributed by atoms with E-state index in [1.54, 1.807) is 23.1 Å². The van der Waals surface area contributed by atoms with E-state index in [2.05, 4.69) is 4.57 Å². The van der Waals surface area contributed by atoms with Crippen LogP contribution in [-0.2, 0) is 19.6 Å². The van der Waals surface area contributed by atoms with Crippen LogP contribution in [0.1, 0.15) is 29.4 Å². The zero-order valence-electron chi connectivity index (χ0n) is 20.5. The second-order valence-corrected chi connectivity index (χ2v) is 11.3. The third-order valence-corrected chi connectivity index (χ3v) is 8.95. The summed E-state index contributed by atoms with van der Waals surface area (Å²) in [6.45, 7) is 7.81. The fourth-order valence-corrected chi connectivity index (χ4v) is 6.52. The normalized spacial score (nSPS) is 17.7. The molecule has 0 aliphatic carbocycles. The third-order valence-electron chi connectivity index (χ3n) is 6.80. The average Bonchev–Trinajstić information content (AvgIpc) is 3.31. The smallest absolute Gasteiger partial charge is 0.258 e. The first-order valence-electron chi connectivity index (χ1n) is 11.9. The van der Waals surface area contributed by atoms with Gasteiger partial charge in [0.25, 0.3) is 5.91 Å². The summed E-state index contributed by atoms with van der Waals surface area (Å²) in [4.78, 5) is 15.3. The number of benzene rings is 2. The van der Waals surface area contributed by atoms with Crippen molar-refractivity contribution in [3.05, 3.63) is 76.1 Å². The number of hydrogen-bond donors (Lipinski definition) is 0. The molecule has 0 unspecified atom stereocenters. The molecule has 1 amide bonds. The first kappa shape index (κ1) is 24.8. The van der Waals surface area contributed by atoms with Crippen LogP contribution in [0.5, 0.6) is 0 Å². The van der Waals surface area contributed by atoms with Crippen LogP contribution in [0, 0.1) is 13.8 Å². The molecule has 0 radical (unpaired) electrons. The zero-order chi connectivity index (χ0) is 25.6. The third kappa shape index (κ3) is 4.18. The van der Waals surface area contributed by atoms with Gasteiger partial charge in [-0.25, -0.2) is 8.42 Å². The maximum Gasteiger partial charge on any atom is 0.258 e. The maximum absolute atomic E-state index is 13.4. The highest BCUT2D eigenvalue weighted by molar-refractivity contribution is 7.89. The van der Waals surface area contributed by atoms with E-state index in [-0.39, 0.29) is 10.8 Å². The number of morpholine rings is 1. The van der Waals surface area contributed by atoms with Crippen LogP contribution in [0.15, 0.2) is 53.4 Å². The molecule has 0 N–H and O–H groups in total. The summed E-state index contributed by atoms with van der Waals surface area (Å²) < 4.78 is 35.5. The molecule has 1 aromatic heterocycles. The topological polar surface area (TPSA) is 71.9 Å². The number of sulfonamides is 1. The minimum Gasteiger partial charge on any atom is -0.379 e. The molecule has 0 atom stereocenters. The lowest BCUT2D eigenvalue weighted by atomic mass is 10.0. The Balaban J connectivity index is 1.60. The SMILES string of the molecule is CCN1C(=O)/C(=C/c2cc(C)n(-c3ccc(Cl)cc3)c2C)c2cc(S(=O)(=O)N3CCOCC3)ccc21. The minimum absolute atomic E-state index is 0.135. The summed E-state index contributed by atoms with van der Waals surface area (Å²) in [5.41, 5.74) is 5.71. The number of likely N-dealkylation sites (N-methyl/N-ethyl adjacent to an activating group) is 1. The van der Waals surface area contributed by atoms with Crippen molar-refractivity contribution < 1.29 is 17.9 Å². The number of aryl methyl sites for hydroxylation is 1. The minimum atomic E-state index is -3.69. The van der Waals surface area contributed by atoms with E-state index >= 15 is 0 Å². The van der Waals surface area contributed by atoms with Crippen molar-refractivity contribution in [1.29, 1.82) is 0 Å². The van der Waals surface area contributed by atoms with Gasteiger partial charge < -0.3 is 14.2 Å². The molecule has 0 spiro atoms. The number of amides is 1. The number of fused-ring (bicyclic) bond motifs is 1. The van der Waals surface area contributed by atoms with Crippen LogP contribution in [0.2, 0.25) is 5.02 Å². The summed E-state index contributed by atoms with van der Waals surface area (Å²) in [7, 11) is -3.69. The Hall–Kier alpha value is -2.91. The number of ether oxygens (including phenoxy) is 1. The van der Waals surface area contributed by atoms with E-state index in [9.17, 15) is 13.2 Å². The number of anilines is 1. The van der Waals surface area contributed by atoms with E-state index in [1.165, 1.54) is 4.31 Å². The number of nitrogens with zero attached hydrogens (tertiary/aromatic N) is 3. The number of rotatable bonds is 5. The van der Waals surface area contributed by atoms with Gasteiger partial charge in [0.15, 0.2) is 0 Å². The van der Waals surface area contributed by atoms with Gasteiger partial charge in [-0.1, -0.05) is 11.6 Å². The highest BCUT2D eigenvalue weighted by Crippen LogP contribution is 2.40. The Labute approximate surface area is 216 Å². The Morgan fingerprint density at radius 3 is 2.39 bits per heavy atom. The fraction of sp³-hybridized carbons (Fsp3) is 0.296. The molecule has 3 heterocycles. The molecule has 36 heavy (non-hydrogen) atoms. The molecule has 0 saturated carbocycles. The summed E-state index contributed by atoms with van der Waals surface area (Å²) in [5, 5.41) is 0.666. The molecular formula is C27H28ClN3O4S. The van der Waals surface area contributed by atoms with E-state index in [0.29, 0.717) is 49.0 Å². The standard InChI is InChI=1S/C27H28ClN3O4S/c1-4-30-26-10-9-23(36(33,34)29-11-13-35-14-12-29)17-24(26)25(27(30)32)16-20-15-18(2)31(19(20)3)22-7-5-21(28)6-8-22/h5-10,15-17H,4,11-14H2,1-3H3/b25-16+. The predicted molar refractivity (Wildman–Crippen MR) is 142 cm³/mol. The van der Waals surface area contributed by atoms with E-state index < -0.39 is 10.0 Å². The highest BCUT2D eigenvalue weighted by Gasteiger charge is 2.34. The van der Waals surface area contributed by atoms with E-state index in [1.807, 2.05) is 57.2 Å². The van der Waals surface area contributed by atoms with Crippen molar-refractivity contribution in [3.63, 3.8) is 0 Å². The second-order valence-electron chi connectivity index (χ2n) is 8.94. The number of carbonyl (C=O) groups is 1. The predicted octanol–water partition coefficient (Wildman–Crippen LogP) is 4.68. The summed E-state index contributed by atoms with van der Waals surface area (Å²) in [6, 6.07) is 14.6. The first-order valence-corrected chi connectivity index (χ1v) is 13.7. The van der Waals surface area contributed by atoms with Crippen molar-refractivity contribution in [2.24, 2.45) is 0 Å². The number of aromatic nitrogens is 1. The van der Waals surface area contributed by atoms with Gasteiger partial charge >= 0.3 is 0 Å². The van der Waals surface area contributed by atoms with E-state index in [0.717, 1.165) is 28.3 Å². The number of carbonyl (C=O) groups excluding carboxylic acids is 1. The van der Waals surface area contributed by atoms with Crippen LogP contribution in [-0.4, -0.2) is 56.0 Å². The molecular weight excluding hydrogens is 498 g/mol. The van der Waals surface area contributed by atoms with Crippen LogP contribution < -0.4 is 4.90 Å². The van der Waals surface area contributed by atoms with E-state index in [4.69, 9.17) is 16.3 Å². The molecule has 1 saturated heterocycles. The lowest BCUT2D eigenvalue weighted by molar-refractivity contribution is -0.112. The van der Waals surface area contributed by atoms with Crippen molar-refractivity contribution in [2.45, 2.75) is 25.7 Å². The Kier molecular flexibility index (Phi) is 6.55. The van der Waals surface area contributed by atoms with Gasteiger partial charge in [-0.05, 0) is 80.9 Å². The summed E-state index contributed by atoms with van der Waals surface area (Å²) >= 11 is 6.07. The van der Waals surface area contributed by atoms with Crippen molar-refractivity contribution in [2.75, 3.05) is 37.7 Å². The first-order chi connectivity index (χ1) is 17.2. The van der Waals surface area contributed by atoms with Crippen LogP contribution in [0.4, 0.5) is 5.69 Å². The zero-order valence-corrected chi connectivity index (χ0v) is 22.1. The molecule has 1 fully saturated rings. The van der Waals surface area contributed by atoms with Gasteiger partial charge in [0.05, 0.1) is 23.8 Å². The largest absolute Gasteiger partial charge is 0.379 e. The molecule has 2 aliphatic rings. The van der Waals surface area contributed by atoms with Gasteiger partial charge in [0.1, 0.15) is 0 Å². The van der Waals surface area contributed by atoms with Gasteiger partial charge in [-0.2, -0.15) is 4.31 Å². The number of hydrogen-bond acceptors (Lipinski definition) is 4. The summed E-state index contributed by atoms with van der Waals surface area (Å²) in [6.07, 6.45) is 1.87. The van der Waals surface area contributed by atoms with Gasteiger partial charge in [0, 0.05) is 52.9 Å². The molecule has 5 rings (SSSR count). The highest BCUT2D eigenvalue weighted by atomic mass is 35.5. The lowest BCUT2D eigenvalue weighted by Crippen LogP contribution is -2.40. The average molecular weight is 526 g/mol. The molecule has 0 bridgehead atoms. The van der Waals surface area contributed by atoms with Crippen molar-refractivity contribution >= 4 is 44.9 Å². The monoisotopic (exact) mass is 525 g/mol. The number of halogens is 1. The van der Waals surface area contributed by atoms with Crippen LogP contribution in [0.3, 0.4) is 0 Å². The fourth-order valence-electron chi connectivity index (χ4n) is 4.96. The van der Waals surface area contributed by atoms with Crippen molar-refractivity contribution in [3.8, 4) is 5.69 Å². The molecule has 9 heteroatoms. The molecule has 2 aliphatic heterocycles. The summed E-state index contributed by atoms with van der Waals surface area (Å²) in [5.74, 6) is -0.135. The van der Waals surface area contributed by atoms with Gasteiger partial charge in [0.2, 0.25) is 10.0 Å². The Morgan fingerprint density at radius 2 is 1.72 bits per heavy atom. The van der Waals surface area contributed by atoms with Crippen molar-refractivity contribution in [1.82, 2.24) is 8.87 Å². The lowest BCUT2D eigenvalue weighted by Gasteiger charge is -2.26. The van der Waals surface area contributed by atoms with Crippen LogP contribution >= 0.6 is 11.6 Å². The quantitative estimate of drug-likeness (QED) is 0.454. The maximum atomic E-state index is 13.4. The molecule has 7 nitrogen and oxygen atoms in total. The van der Waals surface area contributed by atoms with Gasteiger partial charge in [-0.15, -0.1) is 0 Å².